The van der Waals surface area contributed by atoms with Crippen molar-refractivity contribution < 1.29 is 8.83 Å². The average molecular weight is 249 g/mol. The van der Waals surface area contributed by atoms with Crippen molar-refractivity contribution in [1.82, 2.24) is 15.5 Å². The van der Waals surface area contributed by atoms with E-state index in [1.54, 1.807) is 6.26 Å². The molecule has 0 atom stereocenters. The number of hydrogen-bond donors (Lipinski definition) is 1. The molecule has 0 radical (unpaired) electrons. The van der Waals surface area contributed by atoms with Crippen molar-refractivity contribution in [2.75, 3.05) is 6.54 Å². The van der Waals surface area contributed by atoms with Crippen LogP contribution in [0.2, 0.25) is 0 Å². The SMILES string of the molecule is Cc1cc(-c2nnc(CCNC(C)(C)C)o2)co1. The first kappa shape index (κ1) is 12.8. The largest absolute Gasteiger partial charge is 0.469 e. The minimum absolute atomic E-state index is 0.102. The average Bonchev–Trinajstić information content (AvgIpc) is 2.85. The van der Waals surface area contributed by atoms with Crippen LogP contribution in [0.15, 0.2) is 21.2 Å². The smallest absolute Gasteiger partial charge is 0.250 e. The minimum atomic E-state index is 0.102. The van der Waals surface area contributed by atoms with Crippen molar-refractivity contribution in [3.63, 3.8) is 0 Å². The fraction of sp³-hybridized carbons (Fsp3) is 0.538. The third-order valence-corrected chi connectivity index (χ3v) is 2.44. The predicted octanol–water partition coefficient (Wildman–Crippen LogP) is 2.57. The maximum Gasteiger partial charge on any atom is 0.250 e. The van der Waals surface area contributed by atoms with Crippen LogP contribution in [0.25, 0.3) is 11.5 Å². The molecule has 0 aliphatic carbocycles. The number of nitrogens with one attached hydrogen (secondary N) is 1. The van der Waals surface area contributed by atoms with E-state index in [0.717, 1.165) is 24.3 Å². The van der Waals surface area contributed by atoms with E-state index in [2.05, 4.69) is 36.3 Å². The molecule has 98 valence electrons. The zero-order chi connectivity index (χ0) is 13.2. The maximum absolute atomic E-state index is 5.58. The second-order valence-electron chi connectivity index (χ2n) is 5.37. The van der Waals surface area contributed by atoms with Gasteiger partial charge in [-0.1, -0.05) is 0 Å². The fourth-order valence-corrected chi connectivity index (χ4v) is 1.57. The van der Waals surface area contributed by atoms with Gasteiger partial charge >= 0.3 is 0 Å². The summed E-state index contributed by atoms with van der Waals surface area (Å²) in [7, 11) is 0. The van der Waals surface area contributed by atoms with E-state index in [-0.39, 0.29) is 5.54 Å². The van der Waals surface area contributed by atoms with Gasteiger partial charge in [-0.15, -0.1) is 10.2 Å². The number of rotatable bonds is 4. The van der Waals surface area contributed by atoms with E-state index in [1.165, 1.54) is 0 Å². The monoisotopic (exact) mass is 249 g/mol. The summed E-state index contributed by atoms with van der Waals surface area (Å²) in [5, 5.41) is 11.4. The molecule has 0 bridgehead atoms. The van der Waals surface area contributed by atoms with Crippen LogP contribution < -0.4 is 5.32 Å². The van der Waals surface area contributed by atoms with Crippen LogP contribution in [-0.4, -0.2) is 22.3 Å². The predicted molar refractivity (Wildman–Crippen MR) is 68.2 cm³/mol. The number of aromatic nitrogens is 2. The van der Waals surface area contributed by atoms with E-state index in [9.17, 15) is 0 Å². The van der Waals surface area contributed by atoms with Crippen LogP contribution >= 0.6 is 0 Å². The van der Waals surface area contributed by atoms with Crippen LogP contribution in [0.1, 0.15) is 32.4 Å². The number of furan rings is 1. The summed E-state index contributed by atoms with van der Waals surface area (Å²) in [6.45, 7) is 9.07. The van der Waals surface area contributed by atoms with Gasteiger partial charge in [0.1, 0.15) is 12.0 Å². The standard InChI is InChI=1S/C13H19N3O2/c1-9-7-10(8-17-9)12-16-15-11(18-12)5-6-14-13(2,3)4/h7-8,14H,5-6H2,1-4H3. The van der Waals surface area contributed by atoms with Crippen molar-refractivity contribution in [1.29, 1.82) is 0 Å². The lowest BCUT2D eigenvalue weighted by molar-refractivity contribution is 0.411. The number of hydrogen-bond acceptors (Lipinski definition) is 5. The van der Waals surface area contributed by atoms with Crippen LogP contribution in [0, 0.1) is 6.92 Å². The Bertz CT molecular complexity index is 508. The molecule has 0 aliphatic rings. The molecule has 2 heterocycles. The third-order valence-electron chi connectivity index (χ3n) is 2.44. The van der Waals surface area contributed by atoms with E-state index in [0.29, 0.717) is 11.8 Å². The van der Waals surface area contributed by atoms with Gasteiger partial charge in [0.2, 0.25) is 5.89 Å². The highest BCUT2D eigenvalue weighted by Crippen LogP contribution is 2.20. The van der Waals surface area contributed by atoms with Gasteiger partial charge in [-0.3, -0.25) is 0 Å². The van der Waals surface area contributed by atoms with E-state index in [4.69, 9.17) is 8.83 Å². The van der Waals surface area contributed by atoms with E-state index >= 15 is 0 Å². The lowest BCUT2D eigenvalue weighted by Crippen LogP contribution is -2.37. The third kappa shape index (κ3) is 3.43. The van der Waals surface area contributed by atoms with Gasteiger partial charge < -0.3 is 14.2 Å². The van der Waals surface area contributed by atoms with Gasteiger partial charge in [0.25, 0.3) is 5.89 Å². The Morgan fingerprint density at radius 2 is 2.06 bits per heavy atom. The van der Waals surface area contributed by atoms with Gasteiger partial charge in [0, 0.05) is 18.5 Å². The molecule has 5 nitrogen and oxygen atoms in total. The maximum atomic E-state index is 5.58. The van der Waals surface area contributed by atoms with Crippen molar-refractivity contribution in [3.8, 4) is 11.5 Å². The van der Waals surface area contributed by atoms with Crippen molar-refractivity contribution in [3.05, 3.63) is 24.0 Å². The normalized spacial score (nSPS) is 12.0. The Balaban J connectivity index is 1.94. The topological polar surface area (TPSA) is 64.1 Å². The summed E-state index contributed by atoms with van der Waals surface area (Å²) in [5.41, 5.74) is 0.930. The molecule has 0 spiro atoms. The van der Waals surface area contributed by atoms with Crippen LogP contribution in [0.4, 0.5) is 0 Å². The summed E-state index contributed by atoms with van der Waals surface area (Å²) in [5.74, 6) is 1.98. The van der Waals surface area contributed by atoms with E-state index < -0.39 is 0 Å². The highest BCUT2D eigenvalue weighted by Gasteiger charge is 2.12. The molecule has 0 aromatic carbocycles. The second-order valence-corrected chi connectivity index (χ2v) is 5.37. The van der Waals surface area contributed by atoms with Gasteiger partial charge in [0.15, 0.2) is 0 Å². The molecule has 0 amide bonds. The number of nitrogens with zero attached hydrogens (tertiary/aromatic N) is 2. The molecule has 0 saturated carbocycles. The zero-order valence-corrected chi connectivity index (χ0v) is 11.3. The lowest BCUT2D eigenvalue weighted by Gasteiger charge is -2.19. The highest BCUT2D eigenvalue weighted by molar-refractivity contribution is 5.50. The molecule has 0 saturated heterocycles. The summed E-state index contributed by atoms with van der Waals surface area (Å²) in [6, 6.07) is 1.88. The van der Waals surface area contributed by atoms with Crippen molar-refractivity contribution in [2.45, 2.75) is 39.7 Å². The molecule has 2 rings (SSSR count). The highest BCUT2D eigenvalue weighted by atomic mass is 16.4. The minimum Gasteiger partial charge on any atom is -0.469 e. The number of aryl methyl sites for hydroxylation is 1. The first-order valence-electron chi connectivity index (χ1n) is 6.07. The molecule has 0 fully saturated rings. The Kier molecular flexibility index (Phi) is 3.52. The lowest BCUT2D eigenvalue weighted by atomic mass is 10.1. The summed E-state index contributed by atoms with van der Waals surface area (Å²) >= 11 is 0. The Hall–Kier alpha value is -1.62. The Labute approximate surface area is 107 Å². The fourth-order valence-electron chi connectivity index (χ4n) is 1.57. The summed E-state index contributed by atoms with van der Waals surface area (Å²) in [4.78, 5) is 0. The van der Waals surface area contributed by atoms with Gasteiger partial charge in [0.05, 0.1) is 5.56 Å². The molecule has 0 aliphatic heterocycles. The Morgan fingerprint density at radius 3 is 2.67 bits per heavy atom. The summed E-state index contributed by atoms with van der Waals surface area (Å²) in [6.07, 6.45) is 2.35. The van der Waals surface area contributed by atoms with Crippen LogP contribution in [0.5, 0.6) is 0 Å². The molecular weight excluding hydrogens is 230 g/mol. The van der Waals surface area contributed by atoms with Crippen molar-refractivity contribution in [2.24, 2.45) is 0 Å². The molecule has 2 aromatic heterocycles. The summed E-state index contributed by atoms with van der Waals surface area (Å²) < 4.78 is 10.8. The first-order valence-corrected chi connectivity index (χ1v) is 6.07. The molecule has 1 N–H and O–H groups in total. The van der Waals surface area contributed by atoms with Gasteiger partial charge in [-0.25, -0.2) is 0 Å². The van der Waals surface area contributed by atoms with Gasteiger partial charge in [-0.05, 0) is 33.8 Å². The first-order chi connectivity index (χ1) is 8.44. The Morgan fingerprint density at radius 1 is 1.28 bits per heavy atom. The molecular formula is C13H19N3O2. The van der Waals surface area contributed by atoms with E-state index in [1.807, 2.05) is 13.0 Å². The second kappa shape index (κ2) is 4.94. The molecule has 18 heavy (non-hydrogen) atoms. The molecule has 0 unspecified atom stereocenters. The molecule has 5 heteroatoms. The van der Waals surface area contributed by atoms with Crippen LogP contribution in [0.3, 0.4) is 0 Å². The zero-order valence-electron chi connectivity index (χ0n) is 11.3. The van der Waals surface area contributed by atoms with Crippen LogP contribution in [-0.2, 0) is 6.42 Å². The quantitative estimate of drug-likeness (QED) is 0.902. The molecule has 2 aromatic rings. The van der Waals surface area contributed by atoms with Gasteiger partial charge in [-0.2, -0.15) is 0 Å². The van der Waals surface area contributed by atoms with Crippen molar-refractivity contribution >= 4 is 0 Å².